The highest BCUT2D eigenvalue weighted by Gasteiger charge is 2.31. The number of hydrogen-bond acceptors (Lipinski definition) is 5. The van der Waals surface area contributed by atoms with Crippen LogP contribution in [0.25, 0.3) is 22.2 Å². The van der Waals surface area contributed by atoms with Gasteiger partial charge in [0.1, 0.15) is 11.5 Å². The van der Waals surface area contributed by atoms with Crippen LogP contribution in [0.5, 0.6) is 0 Å². The van der Waals surface area contributed by atoms with E-state index in [1.54, 1.807) is 23.0 Å². The molecular formula is C19H17F3N6O. The van der Waals surface area contributed by atoms with E-state index >= 15 is 0 Å². The molecule has 7 nitrogen and oxygen atoms in total. The quantitative estimate of drug-likeness (QED) is 0.520. The predicted molar refractivity (Wildman–Crippen MR) is 103 cm³/mol. The molecule has 0 radical (unpaired) electrons. The minimum Gasteiger partial charge on any atom is -0.395 e. The van der Waals surface area contributed by atoms with Crippen LogP contribution in [0.15, 0.2) is 59.5 Å². The minimum atomic E-state index is -4.71. The van der Waals surface area contributed by atoms with E-state index in [1.165, 1.54) is 13.1 Å². The van der Waals surface area contributed by atoms with E-state index < -0.39 is 17.8 Å². The summed E-state index contributed by atoms with van der Waals surface area (Å²) in [6.07, 6.45) is -0.687. The van der Waals surface area contributed by atoms with Crippen LogP contribution in [0.2, 0.25) is 0 Å². The van der Waals surface area contributed by atoms with Crippen LogP contribution in [0, 0.1) is 0 Å². The topological polar surface area (TPSA) is 98.2 Å². The zero-order chi connectivity index (χ0) is 21.2. The van der Waals surface area contributed by atoms with Crippen LogP contribution in [-0.2, 0) is 7.05 Å². The summed E-state index contributed by atoms with van der Waals surface area (Å²) in [7, 11) is 3.06. The molecule has 3 N–H and O–H groups in total. The van der Waals surface area contributed by atoms with Gasteiger partial charge in [-0.15, -0.1) is 0 Å². The zero-order valence-corrected chi connectivity index (χ0v) is 15.5. The third kappa shape index (κ3) is 4.60. The second kappa shape index (κ2) is 7.74. The number of nitrogens with zero attached hydrogens (tertiary/aromatic N) is 4. The molecule has 2 heterocycles. The smallest absolute Gasteiger partial charge is 0.395 e. The molecule has 0 aliphatic rings. The monoisotopic (exact) mass is 402 g/mol. The van der Waals surface area contributed by atoms with Crippen LogP contribution in [-0.4, -0.2) is 39.7 Å². The van der Waals surface area contributed by atoms with Gasteiger partial charge in [-0.2, -0.15) is 18.3 Å². The Bertz CT molecular complexity index is 1130. The summed E-state index contributed by atoms with van der Waals surface area (Å²) in [6, 6.07) is 8.53. The van der Waals surface area contributed by atoms with Gasteiger partial charge >= 0.3 is 6.18 Å². The SMILES string of the molecule is CN=C(/C=C(\N)C(F)(F)F)NC(=O)c1ccc2cc(-c3ccn(C)n3)cnc2c1. The minimum absolute atomic E-state index is 0.218. The number of alkyl halides is 3. The van der Waals surface area contributed by atoms with Crippen molar-refractivity contribution in [3.05, 3.63) is 60.1 Å². The summed E-state index contributed by atoms with van der Waals surface area (Å²) in [5.41, 5.74) is 5.97. The first-order valence-corrected chi connectivity index (χ1v) is 8.39. The van der Waals surface area contributed by atoms with Gasteiger partial charge in [-0.1, -0.05) is 6.07 Å². The molecule has 0 saturated carbocycles. The number of halogens is 3. The van der Waals surface area contributed by atoms with Gasteiger partial charge in [-0.3, -0.25) is 19.5 Å². The highest BCUT2D eigenvalue weighted by molar-refractivity contribution is 6.11. The maximum atomic E-state index is 12.6. The Balaban J connectivity index is 1.83. The molecule has 0 spiro atoms. The standard InChI is InChI=1S/C19H17F3N6O/c1-24-17(9-16(23)19(20,21)22)26-18(29)12-4-3-11-7-13(10-25-15(11)8-12)14-5-6-28(2)27-14/h3-10H,23H2,1-2H3,(H,24,26,29)/b16-9-. The van der Waals surface area contributed by atoms with E-state index in [9.17, 15) is 18.0 Å². The number of benzene rings is 1. The fourth-order valence-corrected chi connectivity index (χ4v) is 2.55. The number of rotatable bonds is 3. The first-order valence-electron chi connectivity index (χ1n) is 8.39. The molecule has 29 heavy (non-hydrogen) atoms. The lowest BCUT2D eigenvalue weighted by Gasteiger charge is -2.09. The van der Waals surface area contributed by atoms with Crippen molar-refractivity contribution in [3.63, 3.8) is 0 Å². The number of aromatic nitrogens is 3. The van der Waals surface area contributed by atoms with E-state index in [2.05, 4.69) is 20.4 Å². The molecule has 150 valence electrons. The lowest BCUT2D eigenvalue weighted by atomic mass is 10.1. The predicted octanol–water partition coefficient (Wildman–Crippen LogP) is 2.80. The van der Waals surface area contributed by atoms with Crippen LogP contribution in [0.3, 0.4) is 0 Å². The molecule has 0 saturated heterocycles. The van der Waals surface area contributed by atoms with Crippen LogP contribution < -0.4 is 11.1 Å². The number of amidine groups is 1. The van der Waals surface area contributed by atoms with Crippen LogP contribution >= 0.6 is 0 Å². The molecular weight excluding hydrogens is 385 g/mol. The normalized spacial score (nSPS) is 13.0. The van der Waals surface area contributed by atoms with E-state index in [1.807, 2.05) is 25.4 Å². The van der Waals surface area contributed by atoms with Crippen molar-refractivity contribution in [3.8, 4) is 11.3 Å². The Morgan fingerprint density at radius 2 is 2.03 bits per heavy atom. The number of pyridine rings is 1. The molecule has 0 aliphatic heterocycles. The number of nitrogens with one attached hydrogen (secondary N) is 1. The highest BCUT2D eigenvalue weighted by Crippen LogP contribution is 2.23. The van der Waals surface area contributed by atoms with Gasteiger partial charge < -0.3 is 11.1 Å². The van der Waals surface area contributed by atoms with Crippen molar-refractivity contribution in [2.45, 2.75) is 6.18 Å². The lowest BCUT2D eigenvalue weighted by molar-refractivity contribution is -0.0925. The maximum Gasteiger partial charge on any atom is 0.430 e. The average molecular weight is 402 g/mol. The fraction of sp³-hybridized carbons (Fsp3) is 0.158. The molecule has 0 bridgehead atoms. The largest absolute Gasteiger partial charge is 0.430 e. The third-order valence-electron chi connectivity index (χ3n) is 4.06. The molecule has 3 rings (SSSR count). The van der Waals surface area contributed by atoms with E-state index in [4.69, 9.17) is 5.73 Å². The summed E-state index contributed by atoms with van der Waals surface area (Å²) in [5.74, 6) is -0.933. The van der Waals surface area contributed by atoms with Gasteiger partial charge in [0.2, 0.25) is 0 Å². The summed E-state index contributed by atoms with van der Waals surface area (Å²) >= 11 is 0. The van der Waals surface area contributed by atoms with Crippen molar-refractivity contribution in [1.29, 1.82) is 0 Å². The summed E-state index contributed by atoms with van der Waals surface area (Å²) in [5, 5.41) is 7.41. The average Bonchev–Trinajstić information content (AvgIpc) is 3.12. The van der Waals surface area contributed by atoms with E-state index in [0.717, 1.165) is 16.6 Å². The molecule has 0 atom stereocenters. The summed E-state index contributed by atoms with van der Waals surface area (Å²) in [6.45, 7) is 0. The zero-order valence-electron chi connectivity index (χ0n) is 15.5. The molecule has 0 unspecified atom stereocenters. The van der Waals surface area contributed by atoms with Crippen molar-refractivity contribution < 1.29 is 18.0 Å². The summed E-state index contributed by atoms with van der Waals surface area (Å²) < 4.78 is 39.4. The van der Waals surface area contributed by atoms with Crippen molar-refractivity contribution in [2.24, 2.45) is 17.8 Å². The summed E-state index contributed by atoms with van der Waals surface area (Å²) in [4.78, 5) is 20.4. The molecule has 3 aromatic rings. The molecule has 0 aliphatic carbocycles. The second-order valence-corrected chi connectivity index (χ2v) is 6.17. The number of hydrogen-bond donors (Lipinski definition) is 2. The molecule has 0 fully saturated rings. The van der Waals surface area contributed by atoms with Crippen molar-refractivity contribution in [1.82, 2.24) is 20.1 Å². The number of carbonyl (C=O) groups is 1. The number of nitrogens with two attached hydrogens (primary N) is 1. The Labute approximate surface area is 163 Å². The van der Waals surface area contributed by atoms with Crippen LogP contribution in [0.4, 0.5) is 13.2 Å². The van der Waals surface area contributed by atoms with Crippen molar-refractivity contribution in [2.75, 3.05) is 7.05 Å². The molecule has 1 aromatic carbocycles. The number of carbonyl (C=O) groups excluding carboxylic acids is 1. The van der Waals surface area contributed by atoms with Gasteiger partial charge in [0.05, 0.1) is 11.2 Å². The van der Waals surface area contributed by atoms with Crippen LogP contribution in [0.1, 0.15) is 10.4 Å². The van der Waals surface area contributed by atoms with Crippen molar-refractivity contribution >= 4 is 22.6 Å². The number of allylic oxidation sites excluding steroid dienone is 1. The number of aliphatic imine (C=N–C) groups is 1. The van der Waals surface area contributed by atoms with Gasteiger partial charge in [0, 0.05) is 49.1 Å². The third-order valence-corrected chi connectivity index (χ3v) is 4.06. The first-order chi connectivity index (χ1) is 13.7. The molecule has 2 aromatic heterocycles. The van der Waals surface area contributed by atoms with E-state index in [-0.39, 0.29) is 11.4 Å². The Morgan fingerprint density at radius 1 is 1.28 bits per heavy atom. The lowest BCUT2D eigenvalue weighted by Crippen LogP contribution is -2.31. The van der Waals surface area contributed by atoms with Gasteiger partial charge in [-0.25, -0.2) is 0 Å². The van der Waals surface area contributed by atoms with Gasteiger partial charge in [-0.05, 0) is 24.3 Å². The Kier molecular flexibility index (Phi) is 5.35. The first kappa shape index (κ1) is 20.1. The molecule has 10 heteroatoms. The Morgan fingerprint density at radius 3 is 2.66 bits per heavy atom. The maximum absolute atomic E-state index is 12.6. The van der Waals surface area contributed by atoms with Gasteiger partial charge in [0.25, 0.3) is 5.91 Å². The Hall–Kier alpha value is -3.69. The van der Waals surface area contributed by atoms with Gasteiger partial charge in [0.15, 0.2) is 0 Å². The number of fused-ring (bicyclic) bond motifs is 1. The fourth-order valence-electron chi connectivity index (χ4n) is 2.55. The number of amides is 1. The highest BCUT2D eigenvalue weighted by atomic mass is 19.4. The molecule has 1 amide bonds. The van der Waals surface area contributed by atoms with E-state index in [0.29, 0.717) is 11.6 Å². The number of aryl methyl sites for hydroxylation is 1. The second-order valence-electron chi connectivity index (χ2n) is 6.17.